The molecule has 0 aliphatic carbocycles. The van der Waals surface area contributed by atoms with Crippen LogP contribution in [0.4, 0.5) is 0 Å². The molecule has 1 rings (SSSR count). The first-order chi connectivity index (χ1) is 5.79. The molecule has 0 aliphatic rings. The first-order valence-corrected chi connectivity index (χ1v) is 4.41. The maximum atomic E-state index is 5.36. The van der Waals surface area contributed by atoms with Crippen molar-refractivity contribution in [2.75, 3.05) is 6.61 Å². The second-order valence-electron chi connectivity index (χ2n) is 2.75. The highest BCUT2D eigenvalue weighted by Gasteiger charge is 2.11. The van der Waals surface area contributed by atoms with E-state index in [1.807, 2.05) is 14.0 Å². The summed E-state index contributed by atoms with van der Waals surface area (Å²) in [6.45, 7) is 6.63. The standard InChI is InChI=1S/C9H17N2O/c1-4-11-7-6-10(3)9(11)8-12-5-2/h6-7H,4-5,8H2,1-3H3/q+1. The number of imidazole rings is 1. The fourth-order valence-electron chi connectivity index (χ4n) is 1.22. The molecule has 0 saturated carbocycles. The maximum Gasteiger partial charge on any atom is 0.282 e. The molecule has 0 atom stereocenters. The monoisotopic (exact) mass is 169 g/mol. The largest absolute Gasteiger partial charge is 0.369 e. The summed E-state index contributed by atoms with van der Waals surface area (Å²) in [5, 5.41) is 0. The highest BCUT2D eigenvalue weighted by molar-refractivity contribution is 4.80. The average molecular weight is 169 g/mol. The van der Waals surface area contributed by atoms with Gasteiger partial charge >= 0.3 is 0 Å². The first kappa shape index (κ1) is 9.26. The van der Waals surface area contributed by atoms with E-state index in [1.165, 1.54) is 5.82 Å². The fraction of sp³-hybridized carbons (Fsp3) is 0.667. The van der Waals surface area contributed by atoms with Crippen molar-refractivity contribution >= 4 is 0 Å². The zero-order chi connectivity index (χ0) is 8.97. The molecule has 0 unspecified atom stereocenters. The van der Waals surface area contributed by atoms with Crippen molar-refractivity contribution in [2.24, 2.45) is 7.05 Å². The van der Waals surface area contributed by atoms with Gasteiger partial charge in [-0.05, 0) is 13.8 Å². The number of hydrogen-bond donors (Lipinski definition) is 0. The van der Waals surface area contributed by atoms with Crippen LogP contribution in [-0.4, -0.2) is 11.2 Å². The van der Waals surface area contributed by atoms with E-state index >= 15 is 0 Å². The average Bonchev–Trinajstić information content (AvgIpc) is 2.43. The summed E-state index contributed by atoms with van der Waals surface area (Å²) in [5.41, 5.74) is 0. The summed E-state index contributed by atoms with van der Waals surface area (Å²) in [4.78, 5) is 0. The number of rotatable bonds is 4. The fourth-order valence-corrected chi connectivity index (χ4v) is 1.22. The van der Waals surface area contributed by atoms with E-state index in [4.69, 9.17) is 4.74 Å². The zero-order valence-electron chi connectivity index (χ0n) is 8.08. The van der Waals surface area contributed by atoms with E-state index in [1.54, 1.807) is 0 Å². The molecule has 0 aliphatic heterocycles. The van der Waals surface area contributed by atoms with E-state index < -0.39 is 0 Å². The first-order valence-electron chi connectivity index (χ1n) is 4.41. The van der Waals surface area contributed by atoms with E-state index in [-0.39, 0.29) is 0 Å². The molecule has 12 heavy (non-hydrogen) atoms. The van der Waals surface area contributed by atoms with Gasteiger partial charge in [-0.1, -0.05) is 0 Å². The SMILES string of the molecule is CCOCc1n(CC)cc[n+]1C. The molecular weight excluding hydrogens is 152 g/mol. The molecule has 0 spiro atoms. The quantitative estimate of drug-likeness (QED) is 0.612. The molecule has 1 aromatic heterocycles. The highest BCUT2D eigenvalue weighted by Crippen LogP contribution is 1.96. The molecule has 0 amide bonds. The Morgan fingerprint density at radius 2 is 2.25 bits per heavy atom. The number of aromatic nitrogens is 2. The third-order valence-corrected chi connectivity index (χ3v) is 1.98. The van der Waals surface area contributed by atoms with Crippen LogP contribution in [0, 0.1) is 0 Å². The van der Waals surface area contributed by atoms with Crippen LogP contribution in [0.1, 0.15) is 19.7 Å². The van der Waals surface area contributed by atoms with Crippen molar-refractivity contribution in [1.82, 2.24) is 4.57 Å². The van der Waals surface area contributed by atoms with Crippen molar-refractivity contribution in [2.45, 2.75) is 27.0 Å². The Hall–Kier alpha value is -0.830. The van der Waals surface area contributed by atoms with Crippen LogP contribution in [0.2, 0.25) is 0 Å². The summed E-state index contributed by atoms with van der Waals surface area (Å²) in [6, 6.07) is 0. The molecule has 0 aromatic carbocycles. The second kappa shape index (κ2) is 4.26. The lowest BCUT2D eigenvalue weighted by Crippen LogP contribution is -2.32. The Balaban J connectivity index is 2.72. The summed E-state index contributed by atoms with van der Waals surface area (Å²) < 4.78 is 9.65. The van der Waals surface area contributed by atoms with Crippen molar-refractivity contribution in [1.29, 1.82) is 0 Å². The Morgan fingerprint density at radius 1 is 1.50 bits per heavy atom. The summed E-state index contributed by atoms with van der Waals surface area (Å²) in [7, 11) is 2.04. The van der Waals surface area contributed by atoms with Crippen molar-refractivity contribution in [3.8, 4) is 0 Å². The lowest BCUT2D eigenvalue weighted by atomic mass is 10.6. The molecular formula is C9H17N2O+. The third kappa shape index (κ3) is 1.85. The molecule has 0 N–H and O–H groups in total. The Bertz CT molecular complexity index is 243. The van der Waals surface area contributed by atoms with E-state index in [0.29, 0.717) is 6.61 Å². The molecule has 68 valence electrons. The van der Waals surface area contributed by atoms with E-state index in [2.05, 4.69) is 28.5 Å². The Labute approximate surface area is 73.6 Å². The Kier molecular flexibility index (Phi) is 3.29. The van der Waals surface area contributed by atoms with Gasteiger partial charge in [0.1, 0.15) is 19.0 Å². The predicted molar refractivity (Wildman–Crippen MR) is 46.6 cm³/mol. The maximum absolute atomic E-state index is 5.36. The number of nitrogens with zero attached hydrogens (tertiary/aromatic N) is 2. The topological polar surface area (TPSA) is 18.0 Å². The van der Waals surface area contributed by atoms with E-state index in [0.717, 1.165) is 13.2 Å². The molecule has 1 aromatic rings. The summed E-state index contributed by atoms with van der Waals surface area (Å²) in [6.07, 6.45) is 4.13. The molecule has 0 saturated heterocycles. The van der Waals surface area contributed by atoms with Gasteiger partial charge in [0.05, 0.1) is 13.6 Å². The minimum atomic E-state index is 0.702. The molecule has 1 heterocycles. The van der Waals surface area contributed by atoms with Gasteiger partial charge < -0.3 is 4.74 Å². The van der Waals surface area contributed by atoms with Gasteiger partial charge in [0.2, 0.25) is 0 Å². The van der Waals surface area contributed by atoms with Crippen LogP contribution in [0.15, 0.2) is 12.4 Å². The molecule has 0 radical (unpaired) electrons. The predicted octanol–water partition coefficient (Wildman–Crippen LogP) is 0.869. The van der Waals surface area contributed by atoms with Gasteiger partial charge in [-0.2, -0.15) is 0 Å². The van der Waals surface area contributed by atoms with Gasteiger partial charge in [-0.25, -0.2) is 9.13 Å². The lowest BCUT2D eigenvalue weighted by molar-refractivity contribution is -0.681. The Morgan fingerprint density at radius 3 is 2.83 bits per heavy atom. The van der Waals surface area contributed by atoms with Crippen molar-refractivity contribution in [3.05, 3.63) is 18.2 Å². The zero-order valence-corrected chi connectivity index (χ0v) is 8.08. The van der Waals surface area contributed by atoms with Crippen molar-refractivity contribution in [3.63, 3.8) is 0 Å². The minimum Gasteiger partial charge on any atom is -0.369 e. The van der Waals surface area contributed by atoms with Gasteiger partial charge in [0, 0.05) is 6.61 Å². The third-order valence-electron chi connectivity index (χ3n) is 1.98. The highest BCUT2D eigenvalue weighted by atomic mass is 16.5. The van der Waals surface area contributed by atoms with Crippen LogP contribution in [-0.2, 0) is 24.9 Å². The summed E-state index contributed by atoms with van der Waals surface area (Å²) in [5.74, 6) is 1.22. The number of hydrogen-bond acceptors (Lipinski definition) is 1. The van der Waals surface area contributed by atoms with Gasteiger partial charge in [-0.3, -0.25) is 0 Å². The van der Waals surface area contributed by atoms with Gasteiger partial charge in [0.25, 0.3) is 5.82 Å². The van der Waals surface area contributed by atoms with Crippen LogP contribution in [0.5, 0.6) is 0 Å². The van der Waals surface area contributed by atoms with Crippen LogP contribution in [0.25, 0.3) is 0 Å². The lowest BCUT2D eigenvalue weighted by Gasteiger charge is -1.99. The van der Waals surface area contributed by atoms with Gasteiger partial charge in [-0.15, -0.1) is 0 Å². The molecule has 3 heteroatoms. The number of aryl methyl sites for hydroxylation is 2. The second-order valence-corrected chi connectivity index (χ2v) is 2.75. The van der Waals surface area contributed by atoms with Crippen LogP contribution in [0.3, 0.4) is 0 Å². The molecule has 0 fully saturated rings. The number of ether oxygens (including phenoxy) is 1. The van der Waals surface area contributed by atoms with Crippen LogP contribution < -0.4 is 4.57 Å². The van der Waals surface area contributed by atoms with Crippen molar-refractivity contribution < 1.29 is 9.30 Å². The molecule has 3 nitrogen and oxygen atoms in total. The smallest absolute Gasteiger partial charge is 0.282 e. The minimum absolute atomic E-state index is 0.702. The summed E-state index contributed by atoms with van der Waals surface area (Å²) >= 11 is 0. The van der Waals surface area contributed by atoms with Crippen LogP contribution >= 0.6 is 0 Å². The molecule has 0 bridgehead atoms. The normalized spacial score (nSPS) is 10.6. The van der Waals surface area contributed by atoms with Gasteiger partial charge in [0.15, 0.2) is 0 Å². The van der Waals surface area contributed by atoms with E-state index in [9.17, 15) is 0 Å².